The Kier molecular flexibility index (Phi) is 4.65. The number of amides is 1. The molecule has 0 spiro atoms. The molecule has 0 aromatic heterocycles. The van der Waals surface area contributed by atoms with Crippen LogP contribution in [0.3, 0.4) is 0 Å². The lowest BCUT2D eigenvalue weighted by Crippen LogP contribution is -2.54. The highest BCUT2D eigenvalue weighted by Gasteiger charge is 2.30. The van der Waals surface area contributed by atoms with E-state index in [0.29, 0.717) is 11.5 Å². The van der Waals surface area contributed by atoms with Crippen molar-refractivity contribution in [3.8, 4) is 11.5 Å². The van der Waals surface area contributed by atoms with Gasteiger partial charge >= 0.3 is 0 Å². The molecule has 1 aromatic rings. The standard InChI is InChI=1S/C15H24N2O3/c1-14(2,16)13(18)17-15(3,4)10-7-8-11(19-5)12(9-10)20-6/h7-9H,16H2,1-6H3,(H,17,18). The van der Waals surface area contributed by atoms with Gasteiger partial charge in [0.1, 0.15) is 0 Å². The van der Waals surface area contributed by atoms with E-state index in [0.717, 1.165) is 5.56 Å². The molecule has 1 rings (SSSR count). The monoisotopic (exact) mass is 280 g/mol. The SMILES string of the molecule is COc1ccc(C(C)(C)NC(=O)C(C)(C)N)cc1OC. The highest BCUT2D eigenvalue weighted by molar-refractivity contribution is 5.85. The van der Waals surface area contributed by atoms with Crippen molar-refractivity contribution >= 4 is 5.91 Å². The number of rotatable bonds is 5. The molecule has 0 aliphatic carbocycles. The van der Waals surface area contributed by atoms with E-state index in [1.165, 1.54) is 0 Å². The molecule has 5 nitrogen and oxygen atoms in total. The summed E-state index contributed by atoms with van der Waals surface area (Å²) in [7, 11) is 3.16. The van der Waals surface area contributed by atoms with Gasteiger partial charge in [0, 0.05) is 0 Å². The topological polar surface area (TPSA) is 73.6 Å². The smallest absolute Gasteiger partial charge is 0.240 e. The summed E-state index contributed by atoms with van der Waals surface area (Å²) in [4.78, 5) is 12.0. The number of nitrogens with one attached hydrogen (secondary N) is 1. The van der Waals surface area contributed by atoms with E-state index in [2.05, 4.69) is 5.32 Å². The molecule has 0 bridgehead atoms. The third kappa shape index (κ3) is 3.63. The Morgan fingerprint density at radius 2 is 1.65 bits per heavy atom. The van der Waals surface area contributed by atoms with Gasteiger partial charge in [0.2, 0.25) is 5.91 Å². The summed E-state index contributed by atoms with van der Waals surface area (Å²) < 4.78 is 10.5. The van der Waals surface area contributed by atoms with Crippen molar-refractivity contribution in [1.82, 2.24) is 5.32 Å². The van der Waals surface area contributed by atoms with E-state index in [1.54, 1.807) is 28.1 Å². The Morgan fingerprint density at radius 3 is 2.10 bits per heavy atom. The Labute approximate surface area is 120 Å². The molecule has 0 fully saturated rings. The van der Waals surface area contributed by atoms with Crippen LogP contribution in [-0.4, -0.2) is 25.7 Å². The van der Waals surface area contributed by atoms with Gasteiger partial charge in [0.25, 0.3) is 0 Å². The van der Waals surface area contributed by atoms with E-state index in [1.807, 2.05) is 32.0 Å². The average Bonchev–Trinajstić information content (AvgIpc) is 2.36. The highest BCUT2D eigenvalue weighted by atomic mass is 16.5. The van der Waals surface area contributed by atoms with E-state index in [9.17, 15) is 4.79 Å². The number of nitrogens with two attached hydrogens (primary N) is 1. The number of hydrogen-bond acceptors (Lipinski definition) is 4. The number of hydrogen-bond donors (Lipinski definition) is 2. The van der Waals surface area contributed by atoms with Gasteiger partial charge in [-0.05, 0) is 45.4 Å². The van der Waals surface area contributed by atoms with Gasteiger partial charge in [0.05, 0.1) is 25.3 Å². The van der Waals surface area contributed by atoms with Gasteiger partial charge in [-0.15, -0.1) is 0 Å². The van der Waals surface area contributed by atoms with Crippen molar-refractivity contribution < 1.29 is 14.3 Å². The van der Waals surface area contributed by atoms with Crippen LogP contribution < -0.4 is 20.5 Å². The Bertz CT molecular complexity index is 490. The fourth-order valence-electron chi connectivity index (χ4n) is 1.74. The molecular weight excluding hydrogens is 256 g/mol. The number of carbonyl (C=O) groups excluding carboxylic acids is 1. The lowest BCUT2D eigenvalue weighted by molar-refractivity contribution is -0.127. The first-order valence-electron chi connectivity index (χ1n) is 6.46. The lowest BCUT2D eigenvalue weighted by atomic mass is 9.92. The minimum absolute atomic E-state index is 0.211. The maximum absolute atomic E-state index is 12.0. The molecule has 0 aliphatic rings. The Hall–Kier alpha value is -1.75. The molecule has 0 saturated heterocycles. The molecule has 0 saturated carbocycles. The lowest BCUT2D eigenvalue weighted by Gasteiger charge is -2.31. The first-order valence-corrected chi connectivity index (χ1v) is 6.46. The van der Waals surface area contributed by atoms with Gasteiger partial charge in [-0.3, -0.25) is 4.79 Å². The quantitative estimate of drug-likeness (QED) is 0.862. The predicted molar refractivity (Wildman–Crippen MR) is 79.0 cm³/mol. The van der Waals surface area contributed by atoms with Crippen molar-refractivity contribution in [1.29, 1.82) is 0 Å². The van der Waals surface area contributed by atoms with E-state index in [-0.39, 0.29) is 5.91 Å². The molecule has 0 atom stereocenters. The second-order valence-corrected chi connectivity index (χ2v) is 5.87. The summed E-state index contributed by atoms with van der Waals surface area (Å²) >= 11 is 0. The third-order valence-corrected chi connectivity index (χ3v) is 3.12. The molecule has 0 heterocycles. The zero-order valence-electron chi connectivity index (χ0n) is 13.0. The zero-order chi connectivity index (χ0) is 15.6. The summed E-state index contributed by atoms with van der Waals surface area (Å²) in [5.41, 5.74) is 5.23. The second-order valence-electron chi connectivity index (χ2n) is 5.87. The van der Waals surface area contributed by atoms with Crippen molar-refractivity contribution in [3.63, 3.8) is 0 Å². The molecule has 0 aliphatic heterocycles. The van der Waals surface area contributed by atoms with Crippen LogP contribution in [0, 0.1) is 0 Å². The van der Waals surface area contributed by atoms with Crippen LogP contribution in [0.1, 0.15) is 33.3 Å². The fraction of sp³-hybridized carbons (Fsp3) is 0.533. The zero-order valence-corrected chi connectivity index (χ0v) is 13.0. The van der Waals surface area contributed by atoms with Crippen molar-refractivity contribution in [2.24, 2.45) is 5.73 Å². The summed E-state index contributed by atoms with van der Waals surface area (Å²) in [6, 6.07) is 5.56. The van der Waals surface area contributed by atoms with Gasteiger partial charge in [-0.1, -0.05) is 6.07 Å². The molecule has 0 unspecified atom stereocenters. The molecule has 3 N–H and O–H groups in total. The summed E-state index contributed by atoms with van der Waals surface area (Å²) in [5, 5.41) is 2.94. The van der Waals surface area contributed by atoms with Crippen LogP contribution >= 0.6 is 0 Å². The normalized spacial score (nSPS) is 11.9. The molecule has 1 amide bonds. The van der Waals surface area contributed by atoms with Gasteiger partial charge in [-0.2, -0.15) is 0 Å². The van der Waals surface area contributed by atoms with E-state index in [4.69, 9.17) is 15.2 Å². The largest absolute Gasteiger partial charge is 0.493 e. The highest BCUT2D eigenvalue weighted by Crippen LogP contribution is 2.32. The molecular formula is C15H24N2O3. The van der Waals surface area contributed by atoms with Crippen LogP contribution in [0.5, 0.6) is 11.5 Å². The first-order chi connectivity index (χ1) is 9.11. The number of benzene rings is 1. The van der Waals surface area contributed by atoms with Gasteiger partial charge in [0.15, 0.2) is 11.5 Å². The van der Waals surface area contributed by atoms with E-state index >= 15 is 0 Å². The number of methoxy groups -OCH3 is 2. The van der Waals surface area contributed by atoms with Crippen LogP contribution in [0.15, 0.2) is 18.2 Å². The second kappa shape index (κ2) is 5.71. The summed E-state index contributed by atoms with van der Waals surface area (Å²) in [6.45, 7) is 7.18. The fourth-order valence-corrected chi connectivity index (χ4v) is 1.74. The molecule has 20 heavy (non-hydrogen) atoms. The van der Waals surface area contributed by atoms with Gasteiger partial charge in [-0.25, -0.2) is 0 Å². The summed E-state index contributed by atoms with van der Waals surface area (Å²) in [6.07, 6.45) is 0. The maximum atomic E-state index is 12.0. The van der Waals surface area contributed by atoms with E-state index < -0.39 is 11.1 Å². The predicted octanol–water partition coefficient (Wildman–Crippen LogP) is 1.79. The van der Waals surface area contributed by atoms with Crippen molar-refractivity contribution in [2.45, 2.75) is 38.8 Å². The van der Waals surface area contributed by atoms with Crippen LogP contribution in [0.25, 0.3) is 0 Å². The summed E-state index contributed by atoms with van der Waals surface area (Å²) in [5.74, 6) is 1.06. The Morgan fingerprint density at radius 1 is 1.10 bits per heavy atom. The molecule has 1 aromatic carbocycles. The minimum Gasteiger partial charge on any atom is -0.493 e. The third-order valence-electron chi connectivity index (χ3n) is 3.12. The van der Waals surface area contributed by atoms with Crippen LogP contribution in [0.2, 0.25) is 0 Å². The number of carbonyl (C=O) groups is 1. The minimum atomic E-state index is -0.923. The van der Waals surface area contributed by atoms with Gasteiger partial charge < -0.3 is 20.5 Å². The molecule has 5 heteroatoms. The average molecular weight is 280 g/mol. The molecule has 112 valence electrons. The van der Waals surface area contributed by atoms with Crippen LogP contribution in [-0.2, 0) is 10.3 Å². The van der Waals surface area contributed by atoms with Crippen molar-refractivity contribution in [3.05, 3.63) is 23.8 Å². The first kappa shape index (κ1) is 16.3. The maximum Gasteiger partial charge on any atom is 0.240 e. The molecule has 0 radical (unpaired) electrons. The number of ether oxygens (including phenoxy) is 2. The van der Waals surface area contributed by atoms with Crippen LogP contribution in [0.4, 0.5) is 0 Å². The Balaban J connectivity index is 3.06. The van der Waals surface area contributed by atoms with Crippen molar-refractivity contribution in [2.75, 3.05) is 14.2 Å².